The maximum absolute atomic E-state index is 12.3. The van der Waals surface area contributed by atoms with Gasteiger partial charge in [0, 0.05) is 22.6 Å². The summed E-state index contributed by atoms with van der Waals surface area (Å²) < 4.78 is 27.7. The molecule has 20 heavy (non-hydrogen) atoms. The second-order valence-electron chi connectivity index (χ2n) is 4.84. The fourth-order valence-electron chi connectivity index (χ4n) is 1.96. The van der Waals surface area contributed by atoms with Gasteiger partial charge in [-0.15, -0.1) is 0 Å². The van der Waals surface area contributed by atoms with Crippen LogP contribution in [0, 0.1) is 5.92 Å². The van der Waals surface area contributed by atoms with E-state index in [9.17, 15) is 13.2 Å². The van der Waals surface area contributed by atoms with Gasteiger partial charge in [0.25, 0.3) is 0 Å². The number of rotatable bonds is 6. The van der Waals surface area contributed by atoms with Gasteiger partial charge in [0.1, 0.15) is 0 Å². The fraction of sp³-hybridized carbons (Fsp3) is 0.417. The molecule has 1 amide bonds. The molecule has 0 aliphatic heterocycles. The van der Waals surface area contributed by atoms with Crippen molar-refractivity contribution < 1.29 is 13.2 Å². The standard InChI is InChI=1S/C12H16BrN3O3S/c13-9-3-8(12(15)17)4-10(5-9)20(18,19)16-11(6-14)7-1-2-7/h3-5,7,11,16H,1-2,6,14H2,(H2,15,17). The van der Waals surface area contributed by atoms with E-state index in [0.29, 0.717) is 10.4 Å². The van der Waals surface area contributed by atoms with Crippen LogP contribution in [0.1, 0.15) is 23.2 Å². The number of primary amides is 1. The van der Waals surface area contributed by atoms with E-state index in [-0.39, 0.29) is 23.0 Å². The minimum Gasteiger partial charge on any atom is -0.366 e. The van der Waals surface area contributed by atoms with Crippen molar-refractivity contribution in [1.82, 2.24) is 4.72 Å². The number of sulfonamides is 1. The van der Waals surface area contributed by atoms with Gasteiger partial charge in [-0.05, 0) is 37.0 Å². The lowest BCUT2D eigenvalue weighted by molar-refractivity contribution is 0.1000. The summed E-state index contributed by atoms with van der Waals surface area (Å²) in [5, 5.41) is 0. The van der Waals surface area contributed by atoms with Gasteiger partial charge in [-0.3, -0.25) is 4.79 Å². The lowest BCUT2D eigenvalue weighted by Crippen LogP contribution is -2.41. The van der Waals surface area contributed by atoms with Crippen LogP contribution >= 0.6 is 15.9 Å². The van der Waals surface area contributed by atoms with E-state index < -0.39 is 15.9 Å². The molecule has 1 unspecified atom stereocenters. The topological polar surface area (TPSA) is 115 Å². The number of amides is 1. The lowest BCUT2D eigenvalue weighted by atomic mass is 10.2. The highest BCUT2D eigenvalue weighted by atomic mass is 79.9. The monoisotopic (exact) mass is 361 g/mol. The van der Waals surface area contributed by atoms with Crippen LogP contribution in [0.5, 0.6) is 0 Å². The third-order valence-electron chi connectivity index (χ3n) is 3.22. The Morgan fingerprint density at radius 3 is 2.55 bits per heavy atom. The molecular formula is C12H16BrN3O3S. The Hall–Kier alpha value is -0.960. The van der Waals surface area contributed by atoms with Crippen LogP contribution in [0.2, 0.25) is 0 Å². The molecule has 8 heteroatoms. The third-order valence-corrected chi connectivity index (χ3v) is 5.14. The number of hydrogen-bond donors (Lipinski definition) is 3. The highest BCUT2D eigenvalue weighted by Crippen LogP contribution is 2.33. The predicted octanol–water partition coefficient (Wildman–Crippen LogP) is 0.564. The van der Waals surface area contributed by atoms with Crippen molar-refractivity contribution in [3.63, 3.8) is 0 Å². The highest BCUT2D eigenvalue weighted by Gasteiger charge is 2.33. The largest absolute Gasteiger partial charge is 0.366 e. The van der Waals surface area contributed by atoms with Gasteiger partial charge in [0.15, 0.2) is 0 Å². The molecule has 0 saturated heterocycles. The zero-order chi connectivity index (χ0) is 14.9. The zero-order valence-electron chi connectivity index (χ0n) is 10.7. The van der Waals surface area contributed by atoms with E-state index in [1.54, 1.807) is 0 Å². The summed E-state index contributed by atoms with van der Waals surface area (Å²) >= 11 is 3.17. The van der Waals surface area contributed by atoms with Crippen molar-refractivity contribution >= 4 is 31.9 Å². The number of carbonyl (C=O) groups is 1. The van der Waals surface area contributed by atoms with E-state index in [4.69, 9.17) is 11.5 Å². The average molecular weight is 362 g/mol. The Balaban J connectivity index is 2.30. The summed E-state index contributed by atoms with van der Waals surface area (Å²) in [6.07, 6.45) is 1.96. The average Bonchev–Trinajstić information content (AvgIpc) is 3.19. The van der Waals surface area contributed by atoms with Crippen LogP contribution in [-0.2, 0) is 10.0 Å². The molecule has 5 N–H and O–H groups in total. The van der Waals surface area contributed by atoms with Crippen LogP contribution in [0.15, 0.2) is 27.6 Å². The molecule has 0 aromatic heterocycles. The van der Waals surface area contributed by atoms with E-state index in [2.05, 4.69) is 20.7 Å². The quantitative estimate of drug-likeness (QED) is 0.686. The van der Waals surface area contributed by atoms with Crippen LogP contribution in [0.25, 0.3) is 0 Å². The molecule has 0 spiro atoms. The molecule has 1 atom stereocenters. The Morgan fingerprint density at radius 2 is 2.05 bits per heavy atom. The van der Waals surface area contributed by atoms with Gasteiger partial charge < -0.3 is 11.5 Å². The lowest BCUT2D eigenvalue weighted by Gasteiger charge is -2.16. The van der Waals surface area contributed by atoms with Crippen LogP contribution in [0.4, 0.5) is 0 Å². The van der Waals surface area contributed by atoms with Crippen molar-refractivity contribution in [1.29, 1.82) is 0 Å². The van der Waals surface area contributed by atoms with E-state index in [1.807, 2.05) is 0 Å². The molecule has 110 valence electrons. The molecule has 1 aliphatic rings. The van der Waals surface area contributed by atoms with Gasteiger partial charge in [0.05, 0.1) is 4.90 Å². The number of nitrogens with two attached hydrogens (primary N) is 2. The molecule has 0 heterocycles. The zero-order valence-corrected chi connectivity index (χ0v) is 13.1. The van der Waals surface area contributed by atoms with Crippen molar-refractivity contribution in [2.24, 2.45) is 17.4 Å². The molecule has 1 fully saturated rings. The summed E-state index contributed by atoms with van der Waals surface area (Å²) in [6, 6.07) is 3.89. The van der Waals surface area contributed by atoms with Gasteiger partial charge in [-0.25, -0.2) is 13.1 Å². The Labute approximate surface area is 126 Å². The Kier molecular flexibility index (Phi) is 4.48. The van der Waals surface area contributed by atoms with Gasteiger partial charge >= 0.3 is 0 Å². The summed E-state index contributed by atoms with van der Waals surface area (Å²) in [7, 11) is -3.72. The van der Waals surface area contributed by atoms with E-state index in [0.717, 1.165) is 12.8 Å². The predicted molar refractivity (Wildman–Crippen MR) is 78.5 cm³/mol. The number of carbonyl (C=O) groups excluding carboxylic acids is 1. The SMILES string of the molecule is NCC(NS(=O)(=O)c1cc(Br)cc(C(N)=O)c1)C1CC1. The molecule has 6 nitrogen and oxygen atoms in total. The molecule has 0 radical (unpaired) electrons. The van der Waals surface area contributed by atoms with Crippen LogP contribution < -0.4 is 16.2 Å². The first kappa shape index (κ1) is 15.4. The number of hydrogen-bond acceptors (Lipinski definition) is 4. The normalized spacial score (nSPS) is 16.9. The molecule has 1 aliphatic carbocycles. The molecular weight excluding hydrogens is 346 g/mol. The fourth-order valence-corrected chi connectivity index (χ4v) is 4.00. The molecule has 1 aromatic rings. The Morgan fingerprint density at radius 1 is 1.40 bits per heavy atom. The molecule has 1 saturated carbocycles. The Bertz CT molecular complexity index is 629. The summed E-state index contributed by atoms with van der Waals surface area (Å²) in [4.78, 5) is 11.2. The van der Waals surface area contributed by atoms with Crippen molar-refractivity contribution in [3.05, 3.63) is 28.2 Å². The molecule has 2 rings (SSSR count). The first-order chi connectivity index (χ1) is 9.33. The maximum Gasteiger partial charge on any atom is 0.248 e. The molecule has 0 bridgehead atoms. The maximum atomic E-state index is 12.3. The summed E-state index contributed by atoms with van der Waals surface area (Å²) in [5.41, 5.74) is 10.9. The minimum absolute atomic E-state index is 0.000208. The van der Waals surface area contributed by atoms with Gasteiger partial charge in [-0.1, -0.05) is 15.9 Å². The second-order valence-corrected chi connectivity index (χ2v) is 7.47. The first-order valence-electron chi connectivity index (χ1n) is 6.16. The smallest absolute Gasteiger partial charge is 0.248 e. The number of benzene rings is 1. The summed E-state index contributed by atoms with van der Waals surface area (Å²) in [6.45, 7) is 0.251. The first-order valence-corrected chi connectivity index (χ1v) is 8.44. The van der Waals surface area contributed by atoms with Crippen LogP contribution in [0.3, 0.4) is 0 Å². The number of nitrogens with one attached hydrogen (secondary N) is 1. The second kappa shape index (κ2) is 5.80. The van der Waals surface area contributed by atoms with Gasteiger partial charge in [0.2, 0.25) is 15.9 Å². The van der Waals surface area contributed by atoms with E-state index in [1.165, 1.54) is 18.2 Å². The van der Waals surface area contributed by atoms with Gasteiger partial charge in [-0.2, -0.15) is 0 Å². The van der Waals surface area contributed by atoms with Crippen molar-refractivity contribution in [2.45, 2.75) is 23.8 Å². The van der Waals surface area contributed by atoms with Crippen molar-refractivity contribution in [2.75, 3.05) is 6.54 Å². The minimum atomic E-state index is -3.72. The third kappa shape index (κ3) is 3.57. The molecule has 1 aromatic carbocycles. The van der Waals surface area contributed by atoms with Crippen molar-refractivity contribution in [3.8, 4) is 0 Å². The number of halogens is 1. The highest BCUT2D eigenvalue weighted by molar-refractivity contribution is 9.10. The van der Waals surface area contributed by atoms with E-state index >= 15 is 0 Å². The van der Waals surface area contributed by atoms with Crippen LogP contribution in [-0.4, -0.2) is 26.9 Å². The summed E-state index contributed by atoms with van der Waals surface area (Å²) in [5.74, 6) is -0.377.